The van der Waals surface area contributed by atoms with E-state index in [4.69, 9.17) is 4.52 Å². The Labute approximate surface area is 176 Å². The summed E-state index contributed by atoms with van der Waals surface area (Å²) in [5.74, 6) is -0.0969. The van der Waals surface area contributed by atoms with Gasteiger partial charge in [-0.25, -0.2) is 8.42 Å². The number of amides is 1. The zero-order chi connectivity index (χ0) is 22.1. The Kier molecular flexibility index (Phi) is 5.98. The van der Waals surface area contributed by atoms with Crippen molar-refractivity contribution in [1.29, 1.82) is 0 Å². The van der Waals surface area contributed by atoms with Crippen LogP contribution in [0.15, 0.2) is 45.8 Å². The summed E-state index contributed by atoms with van der Waals surface area (Å²) in [6.07, 6.45) is 0.565. The maximum atomic E-state index is 13.2. The molecule has 0 bridgehead atoms. The third-order valence-corrected chi connectivity index (χ3v) is 6.15. The van der Waals surface area contributed by atoms with Crippen LogP contribution in [-0.2, 0) is 21.2 Å². The third kappa shape index (κ3) is 4.54. The van der Waals surface area contributed by atoms with Crippen molar-refractivity contribution in [2.75, 3.05) is 10.0 Å². The fourth-order valence-electron chi connectivity index (χ4n) is 3.40. The van der Waals surface area contributed by atoms with Gasteiger partial charge in [-0.05, 0) is 67.6 Å². The highest BCUT2D eigenvalue weighted by Gasteiger charge is 2.22. The van der Waals surface area contributed by atoms with Gasteiger partial charge in [-0.2, -0.15) is 0 Å². The zero-order valence-corrected chi connectivity index (χ0v) is 18.5. The van der Waals surface area contributed by atoms with Crippen molar-refractivity contribution in [2.24, 2.45) is 0 Å². The maximum Gasteiger partial charge on any atom is 0.262 e. The minimum absolute atomic E-state index is 0.149. The molecule has 0 aliphatic heterocycles. The number of rotatable bonds is 6. The summed E-state index contributed by atoms with van der Waals surface area (Å²) in [6.45, 7) is 8.85. The van der Waals surface area contributed by atoms with E-state index in [1.807, 2.05) is 26.8 Å². The standard InChI is InChI=1S/C22H25N3O4S/c1-6-19-21(22(29-24-19)23-16(5)26)17-8-7-15(4)20(12-17)30(27,28)25-18-10-13(2)9-14(3)11-18/h7-12,25H,6H2,1-5H3,(H,23,26). The number of nitrogens with zero attached hydrogens (tertiary/aromatic N) is 1. The molecular weight excluding hydrogens is 402 g/mol. The molecule has 0 spiro atoms. The van der Waals surface area contributed by atoms with E-state index < -0.39 is 10.0 Å². The smallest absolute Gasteiger partial charge is 0.262 e. The van der Waals surface area contributed by atoms with Crippen LogP contribution in [0.1, 0.15) is 36.2 Å². The molecule has 0 aliphatic rings. The van der Waals surface area contributed by atoms with Gasteiger partial charge in [-0.1, -0.05) is 30.3 Å². The van der Waals surface area contributed by atoms with Gasteiger partial charge in [0.2, 0.25) is 11.8 Å². The van der Waals surface area contributed by atoms with Crippen LogP contribution in [0.25, 0.3) is 11.1 Å². The molecule has 8 heteroatoms. The van der Waals surface area contributed by atoms with E-state index in [0.717, 1.165) is 11.1 Å². The molecule has 2 aromatic carbocycles. The molecule has 7 nitrogen and oxygen atoms in total. The molecule has 0 radical (unpaired) electrons. The predicted octanol–water partition coefficient (Wildman–Crippen LogP) is 4.59. The van der Waals surface area contributed by atoms with E-state index in [9.17, 15) is 13.2 Å². The van der Waals surface area contributed by atoms with Crippen molar-refractivity contribution in [3.8, 4) is 11.1 Å². The molecule has 0 aliphatic carbocycles. The molecule has 0 saturated heterocycles. The van der Waals surface area contributed by atoms with Gasteiger partial charge in [0.1, 0.15) is 0 Å². The Morgan fingerprint density at radius 2 is 1.73 bits per heavy atom. The number of nitrogens with one attached hydrogen (secondary N) is 2. The Hall–Kier alpha value is -3.13. The molecule has 1 amide bonds. The van der Waals surface area contributed by atoms with Gasteiger partial charge in [0.05, 0.1) is 16.2 Å². The molecule has 30 heavy (non-hydrogen) atoms. The zero-order valence-electron chi connectivity index (χ0n) is 17.7. The fourth-order valence-corrected chi connectivity index (χ4v) is 4.71. The van der Waals surface area contributed by atoms with Crippen molar-refractivity contribution in [2.45, 2.75) is 45.9 Å². The molecule has 0 fully saturated rings. The summed E-state index contributed by atoms with van der Waals surface area (Å²) in [5.41, 5.74) is 4.86. The quantitative estimate of drug-likeness (QED) is 0.599. The average Bonchev–Trinajstić information content (AvgIpc) is 3.02. The minimum Gasteiger partial charge on any atom is -0.337 e. The van der Waals surface area contributed by atoms with Gasteiger partial charge in [0.25, 0.3) is 10.0 Å². The normalized spacial score (nSPS) is 11.4. The second kappa shape index (κ2) is 8.31. The van der Waals surface area contributed by atoms with Crippen LogP contribution in [0.5, 0.6) is 0 Å². The molecule has 2 N–H and O–H groups in total. The highest BCUT2D eigenvalue weighted by atomic mass is 32.2. The number of benzene rings is 2. The molecule has 0 atom stereocenters. The predicted molar refractivity (Wildman–Crippen MR) is 117 cm³/mol. The number of hydrogen-bond donors (Lipinski definition) is 2. The van der Waals surface area contributed by atoms with Gasteiger partial charge in [0, 0.05) is 12.6 Å². The van der Waals surface area contributed by atoms with Gasteiger partial charge < -0.3 is 4.52 Å². The Bertz CT molecular complexity index is 1190. The van der Waals surface area contributed by atoms with E-state index in [1.54, 1.807) is 37.3 Å². The molecule has 1 heterocycles. The third-order valence-electron chi connectivity index (χ3n) is 4.63. The number of aryl methyl sites for hydroxylation is 4. The number of hydrogen-bond acceptors (Lipinski definition) is 5. The van der Waals surface area contributed by atoms with Crippen molar-refractivity contribution >= 4 is 27.5 Å². The lowest BCUT2D eigenvalue weighted by atomic mass is 10.0. The molecule has 0 saturated carbocycles. The van der Waals surface area contributed by atoms with Gasteiger partial charge in [-0.3, -0.25) is 14.8 Å². The van der Waals surface area contributed by atoms with E-state index in [2.05, 4.69) is 15.2 Å². The lowest BCUT2D eigenvalue weighted by Crippen LogP contribution is -2.14. The lowest BCUT2D eigenvalue weighted by molar-refractivity contribution is -0.114. The SMILES string of the molecule is CCc1noc(NC(C)=O)c1-c1ccc(C)c(S(=O)(=O)Nc2cc(C)cc(C)c2)c1. The van der Waals surface area contributed by atoms with Crippen LogP contribution in [0.3, 0.4) is 0 Å². The number of aromatic nitrogens is 1. The van der Waals surface area contributed by atoms with Crippen LogP contribution in [0.2, 0.25) is 0 Å². The van der Waals surface area contributed by atoms with Crippen molar-refractivity contribution in [3.05, 3.63) is 58.8 Å². The Morgan fingerprint density at radius 3 is 2.33 bits per heavy atom. The first-order valence-corrected chi connectivity index (χ1v) is 11.1. The first-order valence-electron chi connectivity index (χ1n) is 9.59. The average molecular weight is 428 g/mol. The van der Waals surface area contributed by atoms with Gasteiger partial charge in [0.15, 0.2) is 0 Å². The monoisotopic (exact) mass is 427 g/mol. The Morgan fingerprint density at radius 1 is 1.07 bits per heavy atom. The first kappa shape index (κ1) is 21.6. The summed E-state index contributed by atoms with van der Waals surface area (Å²) in [5, 5.41) is 6.63. The highest BCUT2D eigenvalue weighted by Crippen LogP contribution is 2.34. The van der Waals surface area contributed by atoms with E-state index in [1.165, 1.54) is 6.92 Å². The summed E-state index contributed by atoms with van der Waals surface area (Å²) in [6, 6.07) is 10.7. The minimum atomic E-state index is -3.83. The van der Waals surface area contributed by atoms with E-state index in [0.29, 0.717) is 34.5 Å². The number of carbonyl (C=O) groups is 1. The number of sulfonamides is 1. The molecule has 1 aromatic heterocycles. The highest BCUT2D eigenvalue weighted by molar-refractivity contribution is 7.92. The van der Waals surface area contributed by atoms with Crippen LogP contribution < -0.4 is 10.0 Å². The topological polar surface area (TPSA) is 101 Å². The first-order chi connectivity index (χ1) is 14.1. The van der Waals surface area contributed by atoms with Gasteiger partial charge >= 0.3 is 0 Å². The van der Waals surface area contributed by atoms with Gasteiger partial charge in [-0.15, -0.1) is 0 Å². The van der Waals surface area contributed by atoms with Crippen LogP contribution in [0.4, 0.5) is 11.6 Å². The van der Waals surface area contributed by atoms with E-state index >= 15 is 0 Å². The largest absolute Gasteiger partial charge is 0.337 e. The van der Waals surface area contributed by atoms with Crippen LogP contribution in [-0.4, -0.2) is 19.5 Å². The summed E-state index contributed by atoms with van der Waals surface area (Å²) in [4.78, 5) is 11.7. The molecule has 0 unspecified atom stereocenters. The van der Waals surface area contributed by atoms with E-state index in [-0.39, 0.29) is 16.7 Å². The number of anilines is 2. The van der Waals surface area contributed by atoms with Crippen LogP contribution >= 0.6 is 0 Å². The second-order valence-electron chi connectivity index (χ2n) is 7.33. The summed E-state index contributed by atoms with van der Waals surface area (Å²) in [7, 11) is -3.83. The lowest BCUT2D eigenvalue weighted by Gasteiger charge is -2.13. The maximum absolute atomic E-state index is 13.2. The number of carbonyl (C=O) groups excluding carboxylic acids is 1. The van der Waals surface area contributed by atoms with Crippen LogP contribution in [0, 0.1) is 20.8 Å². The van der Waals surface area contributed by atoms with Crippen molar-refractivity contribution in [3.63, 3.8) is 0 Å². The molecule has 158 valence electrons. The Balaban J connectivity index is 2.08. The second-order valence-corrected chi connectivity index (χ2v) is 8.98. The molecule has 3 rings (SSSR count). The molecular formula is C22H25N3O4S. The van der Waals surface area contributed by atoms with Crippen molar-refractivity contribution < 1.29 is 17.7 Å². The molecule has 3 aromatic rings. The fraction of sp³-hybridized carbons (Fsp3) is 0.273. The summed E-state index contributed by atoms with van der Waals surface area (Å²) < 4.78 is 34.3. The summed E-state index contributed by atoms with van der Waals surface area (Å²) >= 11 is 0. The van der Waals surface area contributed by atoms with Crippen molar-refractivity contribution in [1.82, 2.24) is 5.16 Å².